The van der Waals surface area contributed by atoms with E-state index in [2.05, 4.69) is 6.92 Å². The quantitative estimate of drug-likeness (QED) is 0.913. The Labute approximate surface area is 125 Å². The van der Waals surface area contributed by atoms with E-state index in [-0.39, 0.29) is 29.9 Å². The number of halogens is 2. The standard InChI is InChI=1S/C15H21FN2O.ClH/c1-10-3-4-13(14(16)8-10)15(19)18-6-5-11(2)7-12(18)9-17;/h3-4,8,11-12H,5-7,9,17H2,1-2H3;1H. The van der Waals surface area contributed by atoms with Crippen LogP contribution < -0.4 is 5.73 Å². The molecule has 1 aromatic rings. The molecule has 0 radical (unpaired) electrons. The molecule has 0 bridgehead atoms. The number of benzene rings is 1. The number of rotatable bonds is 2. The summed E-state index contributed by atoms with van der Waals surface area (Å²) < 4.78 is 13.9. The highest BCUT2D eigenvalue weighted by molar-refractivity contribution is 5.94. The van der Waals surface area contributed by atoms with Crippen molar-refractivity contribution in [3.8, 4) is 0 Å². The van der Waals surface area contributed by atoms with Crippen molar-refractivity contribution in [2.75, 3.05) is 13.1 Å². The Kier molecular flexibility index (Phi) is 5.96. The first kappa shape index (κ1) is 16.9. The van der Waals surface area contributed by atoms with Gasteiger partial charge in [0.05, 0.1) is 5.56 Å². The lowest BCUT2D eigenvalue weighted by atomic mass is 9.92. The van der Waals surface area contributed by atoms with Crippen molar-refractivity contribution in [2.24, 2.45) is 11.7 Å². The molecule has 0 spiro atoms. The fourth-order valence-electron chi connectivity index (χ4n) is 2.69. The zero-order chi connectivity index (χ0) is 14.0. The SMILES string of the molecule is Cc1ccc(C(=O)N2CCC(C)CC2CN)c(F)c1.Cl. The van der Waals surface area contributed by atoms with Crippen LogP contribution >= 0.6 is 12.4 Å². The number of nitrogens with two attached hydrogens (primary N) is 1. The Balaban J connectivity index is 0.00000200. The van der Waals surface area contributed by atoms with Crippen LogP contribution in [0.25, 0.3) is 0 Å². The van der Waals surface area contributed by atoms with Gasteiger partial charge in [-0.15, -0.1) is 12.4 Å². The van der Waals surface area contributed by atoms with Gasteiger partial charge in [-0.2, -0.15) is 0 Å². The third kappa shape index (κ3) is 3.49. The molecular formula is C15H22ClFN2O. The number of carbonyl (C=O) groups is 1. The largest absolute Gasteiger partial charge is 0.334 e. The molecule has 5 heteroatoms. The van der Waals surface area contributed by atoms with Crippen LogP contribution in [0, 0.1) is 18.7 Å². The van der Waals surface area contributed by atoms with Gasteiger partial charge in [0.2, 0.25) is 0 Å². The summed E-state index contributed by atoms with van der Waals surface area (Å²) in [6.07, 6.45) is 1.85. The summed E-state index contributed by atoms with van der Waals surface area (Å²) in [6, 6.07) is 4.76. The number of likely N-dealkylation sites (tertiary alicyclic amines) is 1. The Hall–Kier alpha value is -1.13. The zero-order valence-corrected chi connectivity index (χ0v) is 12.8. The molecule has 3 nitrogen and oxygen atoms in total. The molecule has 1 saturated heterocycles. The van der Waals surface area contributed by atoms with Gasteiger partial charge in [-0.05, 0) is 43.4 Å². The van der Waals surface area contributed by atoms with Crippen molar-refractivity contribution in [1.82, 2.24) is 4.90 Å². The minimum absolute atomic E-state index is 0. The maximum Gasteiger partial charge on any atom is 0.257 e. The van der Waals surface area contributed by atoms with Gasteiger partial charge in [0.25, 0.3) is 5.91 Å². The van der Waals surface area contributed by atoms with Gasteiger partial charge in [0, 0.05) is 19.1 Å². The van der Waals surface area contributed by atoms with Gasteiger partial charge in [-0.25, -0.2) is 4.39 Å². The summed E-state index contributed by atoms with van der Waals surface area (Å²) in [7, 11) is 0. The second-order valence-electron chi connectivity index (χ2n) is 5.50. The molecule has 1 aromatic carbocycles. The summed E-state index contributed by atoms with van der Waals surface area (Å²) in [5.41, 5.74) is 6.71. The average molecular weight is 301 g/mol. The van der Waals surface area contributed by atoms with E-state index in [1.54, 1.807) is 17.0 Å². The second kappa shape index (κ2) is 7.04. The first-order valence-corrected chi connectivity index (χ1v) is 6.80. The Morgan fingerprint density at radius 1 is 1.50 bits per heavy atom. The lowest BCUT2D eigenvalue weighted by molar-refractivity contribution is 0.0569. The Bertz CT molecular complexity index is 481. The second-order valence-corrected chi connectivity index (χ2v) is 5.50. The highest BCUT2D eigenvalue weighted by atomic mass is 35.5. The number of nitrogens with zero attached hydrogens (tertiary/aromatic N) is 1. The van der Waals surface area contributed by atoms with Crippen molar-refractivity contribution >= 4 is 18.3 Å². The third-order valence-corrected chi connectivity index (χ3v) is 3.87. The molecule has 20 heavy (non-hydrogen) atoms. The van der Waals surface area contributed by atoms with E-state index >= 15 is 0 Å². The van der Waals surface area contributed by atoms with Crippen molar-refractivity contribution in [3.63, 3.8) is 0 Å². The number of amides is 1. The van der Waals surface area contributed by atoms with Gasteiger partial charge in [0.1, 0.15) is 5.82 Å². The Morgan fingerprint density at radius 3 is 2.80 bits per heavy atom. The van der Waals surface area contributed by atoms with Crippen LogP contribution in [-0.4, -0.2) is 29.9 Å². The summed E-state index contributed by atoms with van der Waals surface area (Å²) in [6.45, 7) is 5.07. The number of hydrogen-bond acceptors (Lipinski definition) is 2. The molecule has 0 aliphatic carbocycles. The molecule has 2 atom stereocenters. The van der Waals surface area contributed by atoms with Crippen molar-refractivity contribution in [1.29, 1.82) is 0 Å². The monoisotopic (exact) mass is 300 g/mol. The van der Waals surface area contributed by atoms with E-state index in [9.17, 15) is 9.18 Å². The van der Waals surface area contributed by atoms with Gasteiger partial charge in [-0.1, -0.05) is 13.0 Å². The first-order chi connectivity index (χ1) is 9.02. The van der Waals surface area contributed by atoms with Crippen LogP contribution in [0.4, 0.5) is 4.39 Å². The van der Waals surface area contributed by atoms with Gasteiger partial charge in [0.15, 0.2) is 0 Å². The molecule has 1 aliphatic rings. The highest BCUT2D eigenvalue weighted by Gasteiger charge is 2.30. The van der Waals surface area contributed by atoms with Crippen molar-refractivity contribution in [2.45, 2.75) is 32.7 Å². The highest BCUT2D eigenvalue weighted by Crippen LogP contribution is 2.24. The summed E-state index contributed by atoms with van der Waals surface area (Å²) in [5, 5.41) is 0. The number of hydrogen-bond donors (Lipinski definition) is 1. The molecule has 1 fully saturated rings. The van der Waals surface area contributed by atoms with Crippen LogP contribution in [0.15, 0.2) is 18.2 Å². The van der Waals surface area contributed by atoms with Crippen LogP contribution in [0.2, 0.25) is 0 Å². The lowest BCUT2D eigenvalue weighted by Crippen LogP contribution is -2.49. The van der Waals surface area contributed by atoms with Gasteiger partial charge >= 0.3 is 0 Å². The normalized spacial score (nSPS) is 22.3. The van der Waals surface area contributed by atoms with E-state index in [1.807, 2.05) is 6.92 Å². The van der Waals surface area contributed by atoms with E-state index in [0.29, 0.717) is 19.0 Å². The Morgan fingerprint density at radius 2 is 2.20 bits per heavy atom. The van der Waals surface area contributed by atoms with E-state index < -0.39 is 5.82 Å². The van der Waals surface area contributed by atoms with Gasteiger partial charge in [-0.3, -0.25) is 4.79 Å². The third-order valence-electron chi connectivity index (χ3n) is 3.87. The number of piperidine rings is 1. The smallest absolute Gasteiger partial charge is 0.257 e. The predicted octanol–water partition coefficient (Wildman–Crippen LogP) is 2.76. The average Bonchev–Trinajstić information content (AvgIpc) is 2.37. The molecule has 0 aromatic heterocycles. The van der Waals surface area contributed by atoms with Crippen molar-refractivity contribution < 1.29 is 9.18 Å². The zero-order valence-electron chi connectivity index (χ0n) is 11.9. The molecule has 2 unspecified atom stereocenters. The van der Waals surface area contributed by atoms with E-state index in [4.69, 9.17) is 5.73 Å². The number of carbonyl (C=O) groups excluding carboxylic acids is 1. The maximum atomic E-state index is 13.9. The van der Waals surface area contributed by atoms with E-state index in [0.717, 1.165) is 18.4 Å². The molecular weight excluding hydrogens is 279 g/mol. The fourth-order valence-corrected chi connectivity index (χ4v) is 2.69. The maximum absolute atomic E-state index is 13.9. The summed E-state index contributed by atoms with van der Waals surface area (Å²) in [5.74, 6) is -0.111. The molecule has 1 amide bonds. The molecule has 1 aliphatic heterocycles. The molecule has 2 N–H and O–H groups in total. The topological polar surface area (TPSA) is 46.3 Å². The molecule has 1 heterocycles. The van der Waals surface area contributed by atoms with Crippen molar-refractivity contribution in [3.05, 3.63) is 35.1 Å². The fraction of sp³-hybridized carbons (Fsp3) is 0.533. The summed E-state index contributed by atoms with van der Waals surface area (Å²) >= 11 is 0. The van der Waals surface area contributed by atoms with Crippen LogP contribution in [0.1, 0.15) is 35.7 Å². The molecule has 0 saturated carbocycles. The lowest BCUT2D eigenvalue weighted by Gasteiger charge is -2.38. The van der Waals surface area contributed by atoms with Crippen LogP contribution in [0.5, 0.6) is 0 Å². The number of aryl methyl sites for hydroxylation is 1. The van der Waals surface area contributed by atoms with Gasteiger partial charge < -0.3 is 10.6 Å². The minimum atomic E-state index is -0.445. The molecule has 112 valence electrons. The van der Waals surface area contributed by atoms with E-state index in [1.165, 1.54) is 6.07 Å². The molecule has 2 rings (SSSR count). The summed E-state index contributed by atoms with van der Waals surface area (Å²) in [4.78, 5) is 14.2. The minimum Gasteiger partial charge on any atom is -0.334 e. The van der Waals surface area contributed by atoms with Crippen LogP contribution in [-0.2, 0) is 0 Å². The van der Waals surface area contributed by atoms with Crippen LogP contribution in [0.3, 0.4) is 0 Å². The first-order valence-electron chi connectivity index (χ1n) is 6.80. The predicted molar refractivity (Wildman–Crippen MR) is 80.7 cm³/mol.